The molecule has 2 aromatic carbocycles. The van der Waals surface area contributed by atoms with Gasteiger partial charge >= 0.3 is 0 Å². The number of anilines is 1. The molecule has 0 bridgehead atoms. The van der Waals surface area contributed by atoms with Crippen LogP contribution in [0.3, 0.4) is 0 Å². The predicted octanol–water partition coefficient (Wildman–Crippen LogP) is 3.41. The van der Waals surface area contributed by atoms with Gasteiger partial charge in [-0.1, -0.05) is 32.0 Å². The zero-order valence-corrected chi connectivity index (χ0v) is 23.0. The molecule has 0 aliphatic heterocycles. The van der Waals surface area contributed by atoms with Gasteiger partial charge in [0.25, 0.3) is 5.56 Å². The Hall–Kier alpha value is -3.70. The van der Waals surface area contributed by atoms with Gasteiger partial charge in [-0.3, -0.25) is 4.79 Å². The summed E-state index contributed by atoms with van der Waals surface area (Å²) in [7, 11) is -1.93. The summed E-state index contributed by atoms with van der Waals surface area (Å²) in [5.74, 6) is 1.33. The molecule has 202 valence electrons. The Morgan fingerprint density at radius 1 is 1.11 bits per heavy atom. The van der Waals surface area contributed by atoms with E-state index in [1.54, 1.807) is 10.6 Å². The van der Waals surface area contributed by atoms with Gasteiger partial charge in [0.2, 0.25) is 10.0 Å². The van der Waals surface area contributed by atoms with Crippen LogP contribution in [-0.2, 0) is 22.9 Å². The van der Waals surface area contributed by atoms with Gasteiger partial charge in [-0.25, -0.2) is 22.6 Å². The highest BCUT2D eigenvalue weighted by Gasteiger charge is 2.21. The Labute approximate surface area is 222 Å². The molecular formula is C27H34N6O4S. The summed E-state index contributed by atoms with van der Waals surface area (Å²) >= 11 is 0. The summed E-state index contributed by atoms with van der Waals surface area (Å²) in [6.45, 7) is 6.87. The molecule has 0 aliphatic rings. The smallest absolute Gasteiger partial charge is 0.277 e. The lowest BCUT2D eigenvalue weighted by atomic mass is 10.2. The van der Waals surface area contributed by atoms with E-state index >= 15 is 0 Å². The molecule has 2 aromatic heterocycles. The molecule has 11 heteroatoms. The van der Waals surface area contributed by atoms with Crippen molar-refractivity contribution in [2.45, 2.75) is 44.9 Å². The summed E-state index contributed by atoms with van der Waals surface area (Å²) in [4.78, 5) is 22.6. The molecule has 10 nitrogen and oxygen atoms in total. The molecule has 0 saturated carbocycles. The van der Waals surface area contributed by atoms with E-state index in [-0.39, 0.29) is 22.8 Å². The van der Waals surface area contributed by atoms with Crippen molar-refractivity contribution in [2.24, 2.45) is 0 Å². The molecule has 4 rings (SSSR count). The Morgan fingerprint density at radius 3 is 2.55 bits per heavy atom. The number of H-pyrrole nitrogens is 1. The number of hydrogen-bond acceptors (Lipinski definition) is 7. The number of fused-ring (bicyclic) bond motifs is 1. The fourth-order valence-corrected chi connectivity index (χ4v) is 5.32. The molecule has 4 aromatic rings. The molecule has 0 unspecified atom stereocenters. The predicted molar refractivity (Wildman–Crippen MR) is 148 cm³/mol. The van der Waals surface area contributed by atoms with Crippen LogP contribution in [0.2, 0.25) is 0 Å². The highest BCUT2D eigenvalue weighted by molar-refractivity contribution is 7.89. The van der Waals surface area contributed by atoms with Crippen molar-refractivity contribution >= 4 is 21.2 Å². The maximum absolute atomic E-state index is 13.2. The van der Waals surface area contributed by atoms with Crippen molar-refractivity contribution in [1.29, 1.82) is 0 Å². The summed E-state index contributed by atoms with van der Waals surface area (Å²) in [6.07, 6.45) is 2.10. The monoisotopic (exact) mass is 538 g/mol. The largest absolute Gasteiger partial charge is 0.493 e. The van der Waals surface area contributed by atoms with E-state index in [0.29, 0.717) is 54.3 Å². The molecule has 38 heavy (non-hydrogen) atoms. The maximum atomic E-state index is 13.2. The third-order valence-electron chi connectivity index (χ3n) is 6.20. The number of likely N-dealkylation sites (N-methyl/N-ethyl adjacent to an activating group) is 1. The molecule has 0 saturated heterocycles. The second kappa shape index (κ2) is 11.8. The highest BCUT2D eigenvalue weighted by atomic mass is 32.2. The average molecular weight is 539 g/mol. The number of ether oxygens (including phenoxy) is 1. The van der Waals surface area contributed by atoms with Gasteiger partial charge in [0.05, 0.1) is 22.8 Å². The Kier molecular flexibility index (Phi) is 8.48. The molecule has 0 aliphatic carbocycles. The number of para-hydroxylation sites is 1. The van der Waals surface area contributed by atoms with Crippen molar-refractivity contribution in [3.8, 4) is 17.1 Å². The second-order valence-corrected chi connectivity index (χ2v) is 10.7. The van der Waals surface area contributed by atoms with Crippen LogP contribution in [0, 0.1) is 0 Å². The van der Waals surface area contributed by atoms with Gasteiger partial charge in [0, 0.05) is 32.2 Å². The minimum absolute atomic E-state index is 0.0507. The third kappa shape index (κ3) is 5.73. The van der Waals surface area contributed by atoms with Crippen LogP contribution in [0.1, 0.15) is 38.7 Å². The van der Waals surface area contributed by atoms with Crippen LogP contribution in [0.4, 0.5) is 5.69 Å². The van der Waals surface area contributed by atoms with Crippen molar-refractivity contribution in [3.63, 3.8) is 0 Å². The lowest BCUT2D eigenvalue weighted by molar-refractivity contribution is 0.341. The average Bonchev–Trinajstić information content (AvgIpc) is 3.27. The molecule has 0 atom stereocenters. The Bertz CT molecular complexity index is 1560. The molecule has 0 amide bonds. The first-order valence-electron chi connectivity index (χ1n) is 12.8. The number of imidazole rings is 1. The van der Waals surface area contributed by atoms with Crippen LogP contribution in [0.5, 0.6) is 5.75 Å². The zero-order valence-electron chi connectivity index (χ0n) is 22.2. The summed E-state index contributed by atoms with van der Waals surface area (Å²) in [6, 6.07) is 14.3. The van der Waals surface area contributed by atoms with Gasteiger partial charge in [0.15, 0.2) is 11.3 Å². The molecule has 0 radical (unpaired) electrons. The van der Waals surface area contributed by atoms with E-state index in [1.165, 1.54) is 12.1 Å². The van der Waals surface area contributed by atoms with E-state index in [9.17, 15) is 13.2 Å². The first kappa shape index (κ1) is 27.3. The summed E-state index contributed by atoms with van der Waals surface area (Å²) < 4.78 is 36.4. The number of aromatic nitrogens is 4. The number of aryl methyl sites for hydroxylation is 2. The fourth-order valence-electron chi connectivity index (χ4n) is 4.27. The standard InChI is InChI=1S/C27H34N6O4S/c1-5-11-24-29-22(6-2)25-27(34)30-26(31-33(24)25)21-18-20(14-15-23(21)37-7-3)38(35,36)28-16-17-32(4)19-12-9-8-10-13-19/h8-10,12-15,18,28H,5-7,11,16-17H2,1-4H3,(H,30,31,34). The van der Waals surface area contributed by atoms with Crippen molar-refractivity contribution < 1.29 is 13.2 Å². The molecule has 0 fully saturated rings. The van der Waals surface area contributed by atoms with Crippen LogP contribution in [-0.4, -0.2) is 54.7 Å². The highest BCUT2D eigenvalue weighted by Crippen LogP contribution is 2.30. The van der Waals surface area contributed by atoms with Crippen LogP contribution in [0.25, 0.3) is 16.9 Å². The van der Waals surface area contributed by atoms with E-state index < -0.39 is 10.0 Å². The topological polar surface area (TPSA) is 122 Å². The number of benzene rings is 2. The minimum atomic E-state index is -3.84. The van der Waals surface area contributed by atoms with E-state index in [0.717, 1.165) is 12.1 Å². The van der Waals surface area contributed by atoms with E-state index in [2.05, 4.69) is 19.8 Å². The van der Waals surface area contributed by atoms with Crippen LogP contribution in [0.15, 0.2) is 58.2 Å². The van der Waals surface area contributed by atoms with Gasteiger partial charge in [0.1, 0.15) is 11.6 Å². The lowest BCUT2D eigenvalue weighted by Gasteiger charge is -2.19. The maximum Gasteiger partial charge on any atom is 0.277 e. The first-order chi connectivity index (χ1) is 18.3. The minimum Gasteiger partial charge on any atom is -0.493 e. The van der Waals surface area contributed by atoms with Gasteiger partial charge < -0.3 is 14.6 Å². The Morgan fingerprint density at radius 2 is 1.87 bits per heavy atom. The first-order valence-corrected chi connectivity index (χ1v) is 14.3. The SMILES string of the molecule is CCCc1nc(CC)c2c(=O)[nH]c(-c3cc(S(=O)(=O)NCCN(C)c4ccccc4)ccc3OCC)nn12. The number of nitrogens with one attached hydrogen (secondary N) is 2. The van der Waals surface area contributed by atoms with Gasteiger partial charge in [-0.15, -0.1) is 5.10 Å². The van der Waals surface area contributed by atoms with Crippen molar-refractivity contribution in [3.05, 3.63) is 70.4 Å². The summed E-state index contributed by atoms with van der Waals surface area (Å²) in [5, 5.41) is 4.68. The second-order valence-electron chi connectivity index (χ2n) is 8.89. The van der Waals surface area contributed by atoms with Crippen LogP contribution >= 0.6 is 0 Å². The Balaban J connectivity index is 1.68. The van der Waals surface area contributed by atoms with Gasteiger partial charge in [-0.2, -0.15) is 0 Å². The number of nitrogens with zero attached hydrogens (tertiary/aromatic N) is 4. The number of aromatic amines is 1. The number of hydrogen-bond donors (Lipinski definition) is 2. The molecule has 0 spiro atoms. The normalized spacial score (nSPS) is 11.7. The zero-order chi connectivity index (χ0) is 27.3. The number of rotatable bonds is 12. The quantitative estimate of drug-likeness (QED) is 0.283. The van der Waals surface area contributed by atoms with Gasteiger partial charge in [-0.05, 0) is 50.1 Å². The molecular weight excluding hydrogens is 504 g/mol. The van der Waals surface area contributed by atoms with E-state index in [1.807, 2.05) is 63.1 Å². The summed E-state index contributed by atoms with van der Waals surface area (Å²) in [5.41, 5.74) is 2.13. The molecule has 2 N–H and O–H groups in total. The lowest BCUT2D eigenvalue weighted by Crippen LogP contribution is -2.33. The number of sulfonamides is 1. The van der Waals surface area contributed by atoms with Crippen molar-refractivity contribution in [1.82, 2.24) is 24.3 Å². The van der Waals surface area contributed by atoms with Crippen molar-refractivity contribution in [2.75, 3.05) is 31.6 Å². The molecule has 2 heterocycles. The fraction of sp³-hybridized carbons (Fsp3) is 0.370. The van der Waals surface area contributed by atoms with E-state index in [4.69, 9.17) is 4.74 Å². The third-order valence-corrected chi connectivity index (χ3v) is 7.66. The van der Waals surface area contributed by atoms with Crippen LogP contribution < -0.4 is 19.9 Å².